The summed E-state index contributed by atoms with van der Waals surface area (Å²) in [7, 11) is 0. The highest BCUT2D eigenvalue weighted by Crippen LogP contribution is 2.15. The standard InChI is InChI=1S/C14H17N3O4/c15-13(20)10-3-1-2-9(6-10)8-17-5-4-16-14(21)11(17)7-12(18)19/h1-3,6,11H,4-5,7-8H2,(H2,15,20)(H,16,21)(H,18,19). The van der Waals surface area contributed by atoms with Crippen LogP contribution in [0.5, 0.6) is 0 Å². The fourth-order valence-corrected chi connectivity index (χ4v) is 2.40. The van der Waals surface area contributed by atoms with Crippen molar-refractivity contribution in [2.75, 3.05) is 13.1 Å². The molecule has 4 N–H and O–H groups in total. The van der Waals surface area contributed by atoms with E-state index in [-0.39, 0.29) is 12.3 Å². The zero-order valence-electron chi connectivity index (χ0n) is 11.4. The van der Waals surface area contributed by atoms with Crippen LogP contribution in [0, 0.1) is 0 Å². The predicted molar refractivity (Wildman–Crippen MR) is 74.4 cm³/mol. The Morgan fingerprint density at radius 3 is 2.86 bits per heavy atom. The van der Waals surface area contributed by atoms with E-state index in [1.807, 2.05) is 6.07 Å². The number of nitrogens with two attached hydrogens (primary N) is 1. The van der Waals surface area contributed by atoms with Gasteiger partial charge in [-0.25, -0.2) is 0 Å². The summed E-state index contributed by atoms with van der Waals surface area (Å²) < 4.78 is 0. The molecule has 21 heavy (non-hydrogen) atoms. The topological polar surface area (TPSA) is 113 Å². The fraction of sp³-hybridized carbons (Fsp3) is 0.357. The van der Waals surface area contributed by atoms with Crippen LogP contribution in [-0.4, -0.2) is 46.9 Å². The highest BCUT2D eigenvalue weighted by Gasteiger charge is 2.31. The molecule has 1 aromatic rings. The third-order valence-electron chi connectivity index (χ3n) is 3.41. The second kappa shape index (κ2) is 6.36. The Morgan fingerprint density at radius 2 is 2.19 bits per heavy atom. The van der Waals surface area contributed by atoms with Crippen LogP contribution < -0.4 is 11.1 Å². The number of benzene rings is 1. The average Bonchev–Trinajstić information content (AvgIpc) is 2.42. The summed E-state index contributed by atoms with van der Waals surface area (Å²) in [6, 6.07) is 6.10. The van der Waals surface area contributed by atoms with Gasteiger partial charge in [-0.15, -0.1) is 0 Å². The van der Waals surface area contributed by atoms with E-state index in [2.05, 4.69) is 5.32 Å². The average molecular weight is 291 g/mol. The minimum absolute atomic E-state index is 0.249. The number of carboxylic acid groups (broad SMARTS) is 1. The van der Waals surface area contributed by atoms with Crippen molar-refractivity contribution in [1.82, 2.24) is 10.2 Å². The molecule has 112 valence electrons. The number of piperazine rings is 1. The molecule has 1 heterocycles. The van der Waals surface area contributed by atoms with E-state index >= 15 is 0 Å². The molecule has 0 saturated carbocycles. The maximum atomic E-state index is 11.8. The largest absolute Gasteiger partial charge is 0.481 e. The summed E-state index contributed by atoms with van der Waals surface area (Å²) in [6.07, 6.45) is -0.249. The molecule has 1 fully saturated rings. The van der Waals surface area contributed by atoms with Crippen LogP contribution in [0.25, 0.3) is 0 Å². The number of nitrogens with one attached hydrogen (secondary N) is 1. The number of carbonyl (C=O) groups excluding carboxylic acids is 2. The first-order chi connectivity index (χ1) is 9.97. The quantitative estimate of drug-likeness (QED) is 0.681. The first-order valence-electron chi connectivity index (χ1n) is 6.59. The van der Waals surface area contributed by atoms with Gasteiger partial charge in [-0.1, -0.05) is 12.1 Å². The van der Waals surface area contributed by atoms with E-state index in [9.17, 15) is 14.4 Å². The van der Waals surface area contributed by atoms with E-state index in [0.29, 0.717) is 25.2 Å². The maximum absolute atomic E-state index is 11.8. The molecule has 2 amide bonds. The lowest BCUT2D eigenvalue weighted by atomic mass is 10.1. The molecule has 1 aliphatic heterocycles. The van der Waals surface area contributed by atoms with Gasteiger partial charge in [-0.05, 0) is 17.7 Å². The molecule has 2 rings (SSSR count). The molecule has 1 saturated heterocycles. The number of carboxylic acids is 1. The van der Waals surface area contributed by atoms with E-state index in [0.717, 1.165) is 5.56 Å². The molecule has 0 radical (unpaired) electrons. The number of nitrogens with zero attached hydrogens (tertiary/aromatic N) is 1. The van der Waals surface area contributed by atoms with Crippen molar-refractivity contribution in [3.05, 3.63) is 35.4 Å². The Labute approximate surface area is 121 Å². The summed E-state index contributed by atoms with van der Waals surface area (Å²) in [4.78, 5) is 35.7. The van der Waals surface area contributed by atoms with Gasteiger partial charge in [0, 0.05) is 25.2 Å². The Balaban J connectivity index is 2.15. The van der Waals surface area contributed by atoms with Crippen LogP contribution >= 0.6 is 0 Å². The molecule has 1 atom stereocenters. The van der Waals surface area contributed by atoms with E-state index in [1.165, 1.54) is 0 Å². The van der Waals surface area contributed by atoms with Crippen LogP contribution in [0.15, 0.2) is 24.3 Å². The third kappa shape index (κ3) is 3.79. The number of amides is 2. The van der Waals surface area contributed by atoms with Crippen molar-refractivity contribution in [3.8, 4) is 0 Å². The van der Waals surface area contributed by atoms with E-state index in [4.69, 9.17) is 10.8 Å². The van der Waals surface area contributed by atoms with Gasteiger partial charge in [-0.2, -0.15) is 0 Å². The Hall–Kier alpha value is -2.41. The van der Waals surface area contributed by atoms with Gasteiger partial charge in [0.25, 0.3) is 0 Å². The highest BCUT2D eigenvalue weighted by molar-refractivity contribution is 5.92. The fourth-order valence-electron chi connectivity index (χ4n) is 2.40. The second-order valence-electron chi connectivity index (χ2n) is 4.94. The van der Waals surface area contributed by atoms with Crippen molar-refractivity contribution in [1.29, 1.82) is 0 Å². The zero-order valence-corrected chi connectivity index (χ0v) is 11.4. The van der Waals surface area contributed by atoms with Gasteiger partial charge in [0.1, 0.15) is 6.04 Å². The maximum Gasteiger partial charge on any atom is 0.305 e. The molecule has 7 nitrogen and oxygen atoms in total. The Bertz CT molecular complexity index is 573. The first-order valence-corrected chi connectivity index (χ1v) is 6.59. The van der Waals surface area contributed by atoms with Gasteiger partial charge in [-0.3, -0.25) is 19.3 Å². The minimum atomic E-state index is -1.02. The Morgan fingerprint density at radius 1 is 1.43 bits per heavy atom. The van der Waals surface area contributed by atoms with Gasteiger partial charge in [0.05, 0.1) is 6.42 Å². The van der Waals surface area contributed by atoms with Crippen LogP contribution in [0.4, 0.5) is 0 Å². The number of primary amides is 1. The number of rotatable bonds is 5. The molecule has 1 unspecified atom stereocenters. The lowest BCUT2D eigenvalue weighted by Gasteiger charge is -2.34. The van der Waals surface area contributed by atoms with Crippen LogP contribution in [0.3, 0.4) is 0 Å². The number of hydrogen-bond acceptors (Lipinski definition) is 4. The summed E-state index contributed by atoms with van der Waals surface area (Å²) >= 11 is 0. The molecular weight excluding hydrogens is 274 g/mol. The van der Waals surface area contributed by atoms with Crippen LogP contribution in [-0.2, 0) is 16.1 Å². The molecule has 0 aliphatic carbocycles. The number of carbonyl (C=O) groups is 3. The van der Waals surface area contributed by atoms with Gasteiger partial charge < -0.3 is 16.2 Å². The SMILES string of the molecule is NC(=O)c1cccc(CN2CCNC(=O)C2CC(=O)O)c1. The molecule has 0 bridgehead atoms. The first kappa shape index (κ1) is 15.0. The number of hydrogen-bond donors (Lipinski definition) is 3. The molecule has 0 spiro atoms. The summed E-state index contributed by atoms with van der Waals surface area (Å²) in [5.74, 6) is -1.82. The summed E-state index contributed by atoms with van der Waals surface area (Å²) in [6.45, 7) is 1.43. The zero-order chi connectivity index (χ0) is 15.4. The van der Waals surface area contributed by atoms with Gasteiger partial charge >= 0.3 is 5.97 Å². The lowest BCUT2D eigenvalue weighted by molar-refractivity contribution is -0.143. The smallest absolute Gasteiger partial charge is 0.305 e. The molecule has 1 aromatic carbocycles. The molecular formula is C14H17N3O4. The summed E-state index contributed by atoms with van der Waals surface area (Å²) in [5.41, 5.74) is 6.45. The van der Waals surface area contributed by atoms with Crippen molar-refractivity contribution in [2.45, 2.75) is 19.0 Å². The highest BCUT2D eigenvalue weighted by atomic mass is 16.4. The van der Waals surface area contributed by atoms with Gasteiger partial charge in [0.15, 0.2) is 0 Å². The minimum Gasteiger partial charge on any atom is -0.481 e. The van der Waals surface area contributed by atoms with Gasteiger partial charge in [0.2, 0.25) is 11.8 Å². The third-order valence-corrected chi connectivity index (χ3v) is 3.41. The van der Waals surface area contributed by atoms with Crippen LogP contribution in [0.2, 0.25) is 0 Å². The van der Waals surface area contributed by atoms with Crippen molar-refractivity contribution in [2.24, 2.45) is 5.73 Å². The van der Waals surface area contributed by atoms with E-state index < -0.39 is 17.9 Å². The molecule has 0 aromatic heterocycles. The second-order valence-corrected chi connectivity index (χ2v) is 4.94. The van der Waals surface area contributed by atoms with Crippen molar-refractivity contribution < 1.29 is 19.5 Å². The molecule has 1 aliphatic rings. The summed E-state index contributed by atoms with van der Waals surface area (Å²) in [5, 5.41) is 11.6. The predicted octanol–water partition coefficient (Wildman–Crippen LogP) is -0.439. The van der Waals surface area contributed by atoms with E-state index in [1.54, 1.807) is 23.1 Å². The molecule has 7 heteroatoms. The Kier molecular flexibility index (Phi) is 4.54. The lowest BCUT2D eigenvalue weighted by Crippen LogP contribution is -2.55. The monoisotopic (exact) mass is 291 g/mol. The normalized spacial score (nSPS) is 19.0. The number of aliphatic carboxylic acids is 1. The van der Waals surface area contributed by atoms with Crippen LogP contribution in [0.1, 0.15) is 22.3 Å². The van der Waals surface area contributed by atoms with Crippen molar-refractivity contribution >= 4 is 17.8 Å². The van der Waals surface area contributed by atoms with Crippen molar-refractivity contribution in [3.63, 3.8) is 0 Å².